The van der Waals surface area contributed by atoms with Crippen molar-refractivity contribution in [3.05, 3.63) is 0 Å². The maximum atomic E-state index is 10.9. The normalized spacial score (nSPS) is 38.2. The first kappa shape index (κ1) is 11.5. The van der Waals surface area contributed by atoms with Crippen LogP contribution in [0, 0.1) is 17.3 Å². The second-order valence-electron chi connectivity index (χ2n) is 5.50. The number of carboxylic acid groups (broad SMARTS) is 1. The summed E-state index contributed by atoms with van der Waals surface area (Å²) in [6.45, 7) is 7.69. The van der Waals surface area contributed by atoms with Crippen LogP contribution < -0.4 is 0 Å². The molecule has 14 heavy (non-hydrogen) atoms. The highest BCUT2D eigenvalue weighted by Gasteiger charge is 2.52. The number of hydrogen-bond donors (Lipinski definition) is 2. The summed E-state index contributed by atoms with van der Waals surface area (Å²) in [5.74, 6) is -1.53. The van der Waals surface area contributed by atoms with Crippen molar-refractivity contribution in [2.45, 2.75) is 46.1 Å². The van der Waals surface area contributed by atoms with Crippen LogP contribution in [0.5, 0.6) is 0 Å². The molecular formula is C11H20O3. The minimum Gasteiger partial charge on any atom is -0.481 e. The summed E-state index contributed by atoms with van der Waals surface area (Å²) in [6.07, 6.45) is 1.47. The lowest BCUT2D eigenvalue weighted by Gasteiger charge is -2.32. The summed E-state index contributed by atoms with van der Waals surface area (Å²) >= 11 is 0. The lowest BCUT2D eigenvalue weighted by molar-refractivity contribution is -0.153. The Kier molecular flexibility index (Phi) is 2.65. The van der Waals surface area contributed by atoms with Gasteiger partial charge in [0.25, 0.3) is 0 Å². The highest BCUT2D eigenvalue weighted by molar-refractivity contribution is 5.71. The summed E-state index contributed by atoms with van der Waals surface area (Å²) < 4.78 is 0. The Morgan fingerprint density at radius 2 is 2.00 bits per heavy atom. The van der Waals surface area contributed by atoms with Crippen LogP contribution in [-0.2, 0) is 4.79 Å². The fraction of sp³-hybridized carbons (Fsp3) is 0.909. The molecule has 1 aliphatic carbocycles. The zero-order valence-electron chi connectivity index (χ0n) is 9.37. The monoisotopic (exact) mass is 200 g/mol. The fourth-order valence-corrected chi connectivity index (χ4v) is 2.81. The number of rotatable bonds is 2. The van der Waals surface area contributed by atoms with E-state index in [1.165, 1.54) is 0 Å². The van der Waals surface area contributed by atoms with E-state index in [9.17, 15) is 9.90 Å². The van der Waals surface area contributed by atoms with Crippen LogP contribution in [0.15, 0.2) is 0 Å². The van der Waals surface area contributed by atoms with Crippen LogP contribution in [0.1, 0.15) is 40.5 Å². The van der Waals surface area contributed by atoms with E-state index in [0.717, 1.165) is 6.42 Å². The second-order valence-corrected chi connectivity index (χ2v) is 5.50. The molecule has 1 saturated carbocycles. The van der Waals surface area contributed by atoms with Crippen molar-refractivity contribution in [2.75, 3.05) is 0 Å². The van der Waals surface area contributed by atoms with Crippen LogP contribution in [-0.4, -0.2) is 21.8 Å². The van der Waals surface area contributed by atoms with Gasteiger partial charge in [-0.3, -0.25) is 4.79 Å². The molecule has 0 spiro atoms. The van der Waals surface area contributed by atoms with E-state index in [0.29, 0.717) is 6.42 Å². The smallest absolute Gasteiger partial charge is 0.309 e. The molecule has 0 aromatic heterocycles. The van der Waals surface area contributed by atoms with Crippen LogP contribution in [0.4, 0.5) is 0 Å². The average molecular weight is 200 g/mol. The van der Waals surface area contributed by atoms with E-state index in [1.54, 1.807) is 6.92 Å². The van der Waals surface area contributed by atoms with Crippen molar-refractivity contribution >= 4 is 5.97 Å². The van der Waals surface area contributed by atoms with Gasteiger partial charge in [0.15, 0.2) is 0 Å². The molecule has 1 rings (SSSR count). The van der Waals surface area contributed by atoms with Crippen LogP contribution in [0.25, 0.3) is 0 Å². The highest BCUT2D eigenvalue weighted by atomic mass is 16.4. The number of carboxylic acids is 1. The van der Waals surface area contributed by atoms with Crippen LogP contribution >= 0.6 is 0 Å². The predicted octanol–water partition coefficient (Wildman–Crippen LogP) is 1.89. The lowest BCUT2D eigenvalue weighted by Crippen LogP contribution is -2.43. The molecule has 3 nitrogen and oxygen atoms in total. The van der Waals surface area contributed by atoms with Gasteiger partial charge in [-0.25, -0.2) is 0 Å². The van der Waals surface area contributed by atoms with Crippen molar-refractivity contribution < 1.29 is 15.0 Å². The Balaban J connectivity index is 2.90. The Labute approximate surface area is 85.1 Å². The van der Waals surface area contributed by atoms with Gasteiger partial charge in [-0.15, -0.1) is 0 Å². The van der Waals surface area contributed by atoms with Crippen molar-refractivity contribution in [3.63, 3.8) is 0 Å². The third-order valence-electron chi connectivity index (χ3n) is 3.59. The number of carbonyl (C=O) groups is 1. The third-order valence-corrected chi connectivity index (χ3v) is 3.59. The van der Waals surface area contributed by atoms with Crippen molar-refractivity contribution in [1.82, 2.24) is 0 Å². The summed E-state index contributed by atoms with van der Waals surface area (Å²) in [5, 5.41) is 19.3. The maximum Gasteiger partial charge on any atom is 0.309 e. The minimum absolute atomic E-state index is 0.0534. The molecule has 0 aliphatic heterocycles. The molecule has 3 heteroatoms. The molecule has 0 radical (unpaired) electrons. The molecule has 0 aromatic rings. The first-order valence-electron chi connectivity index (χ1n) is 5.14. The topological polar surface area (TPSA) is 57.5 Å². The summed E-state index contributed by atoms with van der Waals surface area (Å²) in [6, 6.07) is 0. The zero-order valence-corrected chi connectivity index (χ0v) is 9.37. The van der Waals surface area contributed by atoms with E-state index >= 15 is 0 Å². The Bertz CT molecular complexity index is 247. The van der Waals surface area contributed by atoms with Gasteiger partial charge < -0.3 is 10.2 Å². The van der Waals surface area contributed by atoms with Crippen molar-refractivity contribution in [1.29, 1.82) is 0 Å². The highest BCUT2D eigenvalue weighted by Crippen LogP contribution is 2.50. The summed E-state index contributed by atoms with van der Waals surface area (Å²) in [5.41, 5.74) is -0.979. The summed E-state index contributed by atoms with van der Waals surface area (Å²) in [4.78, 5) is 10.9. The largest absolute Gasteiger partial charge is 0.481 e. The average Bonchev–Trinajstić information content (AvgIpc) is 2.20. The van der Waals surface area contributed by atoms with Gasteiger partial charge in [0.1, 0.15) is 0 Å². The molecular weight excluding hydrogens is 180 g/mol. The fourth-order valence-electron chi connectivity index (χ4n) is 2.81. The van der Waals surface area contributed by atoms with E-state index in [-0.39, 0.29) is 11.3 Å². The molecule has 0 heterocycles. The van der Waals surface area contributed by atoms with E-state index < -0.39 is 17.5 Å². The first-order chi connectivity index (χ1) is 6.19. The Morgan fingerprint density at radius 3 is 2.29 bits per heavy atom. The van der Waals surface area contributed by atoms with Gasteiger partial charge in [0.05, 0.1) is 11.5 Å². The molecule has 0 aromatic carbocycles. The van der Waals surface area contributed by atoms with E-state index in [2.05, 4.69) is 13.8 Å². The number of aliphatic hydroxyl groups is 1. The molecule has 3 atom stereocenters. The van der Waals surface area contributed by atoms with Gasteiger partial charge in [-0.2, -0.15) is 0 Å². The molecule has 0 amide bonds. The number of hydrogen-bond acceptors (Lipinski definition) is 2. The van der Waals surface area contributed by atoms with Gasteiger partial charge in [-0.1, -0.05) is 20.8 Å². The lowest BCUT2D eigenvalue weighted by atomic mass is 9.80. The predicted molar refractivity (Wildman–Crippen MR) is 53.9 cm³/mol. The SMILES string of the molecule is CC1CC(C)(C)CC1(O)C(C)C(=O)O. The van der Waals surface area contributed by atoms with Crippen LogP contribution in [0.3, 0.4) is 0 Å². The molecule has 0 saturated heterocycles. The molecule has 0 bridgehead atoms. The van der Waals surface area contributed by atoms with Gasteiger partial charge in [0, 0.05) is 0 Å². The zero-order chi connectivity index (χ0) is 11.1. The standard InChI is InChI=1S/C11H20O3/c1-7-5-10(3,4)6-11(7,14)8(2)9(12)13/h7-8,14H,5-6H2,1-4H3,(H,12,13). The van der Waals surface area contributed by atoms with Crippen molar-refractivity contribution in [2.24, 2.45) is 17.3 Å². The Morgan fingerprint density at radius 1 is 1.50 bits per heavy atom. The van der Waals surface area contributed by atoms with Gasteiger partial charge in [-0.05, 0) is 31.1 Å². The Hall–Kier alpha value is -0.570. The van der Waals surface area contributed by atoms with E-state index in [4.69, 9.17) is 5.11 Å². The van der Waals surface area contributed by atoms with E-state index in [1.807, 2.05) is 6.92 Å². The molecule has 1 fully saturated rings. The van der Waals surface area contributed by atoms with Gasteiger partial charge >= 0.3 is 5.97 Å². The maximum absolute atomic E-state index is 10.9. The van der Waals surface area contributed by atoms with Crippen LogP contribution in [0.2, 0.25) is 0 Å². The second kappa shape index (κ2) is 3.23. The summed E-state index contributed by atoms with van der Waals surface area (Å²) in [7, 11) is 0. The molecule has 2 N–H and O–H groups in total. The molecule has 1 aliphatic rings. The molecule has 82 valence electrons. The third kappa shape index (κ3) is 1.78. The van der Waals surface area contributed by atoms with Crippen molar-refractivity contribution in [3.8, 4) is 0 Å². The minimum atomic E-state index is -1.03. The quantitative estimate of drug-likeness (QED) is 0.715. The molecule has 3 unspecified atom stereocenters. The van der Waals surface area contributed by atoms with Gasteiger partial charge in [0.2, 0.25) is 0 Å². The number of aliphatic carboxylic acids is 1. The first-order valence-corrected chi connectivity index (χ1v) is 5.14.